The van der Waals surface area contributed by atoms with Gasteiger partial charge in [-0.1, -0.05) is 42.5 Å². The fraction of sp³-hybridized carbons (Fsp3) is 0.375. The minimum absolute atomic E-state index is 0. The molecule has 0 aromatic heterocycles. The van der Waals surface area contributed by atoms with Crippen molar-refractivity contribution >= 4 is 23.2 Å². The Kier molecular flexibility index (Phi) is 4.81. The summed E-state index contributed by atoms with van der Waals surface area (Å²) in [4.78, 5) is 2.57. The summed E-state index contributed by atoms with van der Waals surface area (Å²) >= 11 is 0. The average Bonchev–Trinajstić information content (AvgIpc) is 2.42. The standard InChI is InChI=1S/C16H20N2.ClH/c1-13-11-17-9-10-18(13)12-15-7-4-6-14-5-2-3-8-16(14)15;/h2-8,13,17H,9-12H2,1H3;1H/t13-;/m1./s1. The third-order valence-electron chi connectivity index (χ3n) is 3.89. The van der Waals surface area contributed by atoms with Crippen LogP contribution in [-0.2, 0) is 6.54 Å². The lowest BCUT2D eigenvalue weighted by Crippen LogP contribution is -2.49. The minimum Gasteiger partial charge on any atom is -0.314 e. The Hall–Kier alpha value is -1.09. The van der Waals surface area contributed by atoms with Gasteiger partial charge in [0.25, 0.3) is 0 Å². The summed E-state index contributed by atoms with van der Waals surface area (Å²) in [5.74, 6) is 0. The maximum absolute atomic E-state index is 3.45. The van der Waals surface area contributed by atoms with Crippen LogP contribution in [-0.4, -0.2) is 30.6 Å². The summed E-state index contributed by atoms with van der Waals surface area (Å²) < 4.78 is 0. The number of benzene rings is 2. The second-order valence-corrected chi connectivity index (χ2v) is 5.16. The van der Waals surface area contributed by atoms with E-state index in [0.29, 0.717) is 6.04 Å². The Balaban J connectivity index is 0.00000133. The van der Waals surface area contributed by atoms with Crippen molar-refractivity contribution in [2.24, 2.45) is 0 Å². The first-order chi connectivity index (χ1) is 8.84. The molecule has 0 bridgehead atoms. The Bertz CT molecular complexity index is 536. The van der Waals surface area contributed by atoms with Gasteiger partial charge in [0.05, 0.1) is 0 Å². The van der Waals surface area contributed by atoms with Crippen molar-refractivity contribution in [1.29, 1.82) is 0 Å². The van der Waals surface area contributed by atoms with Crippen LogP contribution in [0.2, 0.25) is 0 Å². The van der Waals surface area contributed by atoms with Crippen molar-refractivity contribution in [3.05, 3.63) is 48.0 Å². The molecular formula is C16H21ClN2. The Labute approximate surface area is 121 Å². The molecule has 1 atom stereocenters. The summed E-state index contributed by atoms with van der Waals surface area (Å²) in [6.07, 6.45) is 0. The number of nitrogens with zero attached hydrogens (tertiary/aromatic N) is 1. The van der Waals surface area contributed by atoms with Gasteiger partial charge in [0, 0.05) is 32.2 Å². The molecule has 0 amide bonds. The summed E-state index contributed by atoms with van der Waals surface area (Å²) in [6, 6.07) is 15.9. The number of hydrogen-bond acceptors (Lipinski definition) is 2. The maximum atomic E-state index is 3.45. The molecular weight excluding hydrogens is 256 g/mol. The molecule has 2 nitrogen and oxygen atoms in total. The van der Waals surface area contributed by atoms with E-state index in [0.717, 1.165) is 26.2 Å². The minimum atomic E-state index is 0. The molecule has 1 heterocycles. The van der Waals surface area contributed by atoms with Crippen LogP contribution in [0.25, 0.3) is 10.8 Å². The van der Waals surface area contributed by atoms with Gasteiger partial charge in [-0.2, -0.15) is 0 Å². The summed E-state index contributed by atoms with van der Waals surface area (Å²) in [5, 5.41) is 6.19. The Morgan fingerprint density at radius 3 is 2.79 bits per heavy atom. The number of piperazine rings is 1. The topological polar surface area (TPSA) is 15.3 Å². The molecule has 3 heteroatoms. The van der Waals surface area contributed by atoms with Gasteiger partial charge >= 0.3 is 0 Å². The van der Waals surface area contributed by atoms with Gasteiger partial charge in [-0.25, -0.2) is 0 Å². The quantitative estimate of drug-likeness (QED) is 0.907. The molecule has 0 unspecified atom stereocenters. The Morgan fingerprint density at radius 1 is 1.16 bits per heavy atom. The second-order valence-electron chi connectivity index (χ2n) is 5.16. The second kappa shape index (κ2) is 6.38. The number of hydrogen-bond donors (Lipinski definition) is 1. The molecule has 1 fully saturated rings. The zero-order valence-corrected chi connectivity index (χ0v) is 12.1. The molecule has 1 aliphatic heterocycles. The van der Waals surface area contributed by atoms with Crippen LogP contribution in [0.3, 0.4) is 0 Å². The van der Waals surface area contributed by atoms with E-state index in [1.54, 1.807) is 0 Å². The van der Waals surface area contributed by atoms with Gasteiger partial charge in [0.1, 0.15) is 0 Å². The van der Waals surface area contributed by atoms with E-state index >= 15 is 0 Å². The zero-order valence-electron chi connectivity index (χ0n) is 11.3. The Morgan fingerprint density at radius 2 is 1.95 bits per heavy atom. The number of rotatable bonds is 2. The van der Waals surface area contributed by atoms with Crippen molar-refractivity contribution in [2.75, 3.05) is 19.6 Å². The monoisotopic (exact) mass is 276 g/mol. The van der Waals surface area contributed by atoms with Crippen LogP contribution in [0.15, 0.2) is 42.5 Å². The first kappa shape index (κ1) is 14.3. The van der Waals surface area contributed by atoms with E-state index < -0.39 is 0 Å². The van der Waals surface area contributed by atoms with Gasteiger partial charge in [0.15, 0.2) is 0 Å². The van der Waals surface area contributed by atoms with Gasteiger partial charge in [0.2, 0.25) is 0 Å². The summed E-state index contributed by atoms with van der Waals surface area (Å²) in [5.41, 5.74) is 1.45. The normalized spacial score (nSPS) is 20.2. The first-order valence-corrected chi connectivity index (χ1v) is 6.76. The van der Waals surface area contributed by atoms with Crippen LogP contribution in [0.5, 0.6) is 0 Å². The average molecular weight is 277 g/mol. The lowest BCUT2D eigenvalue weighted by atomic mass is 10.0. The van der Waals surface area contributed by atoms with E-state index in [1.807, 2.05) is 0 Å². The van der Waals surface area contributed by atoms with Crippen LogP contribution in [0, 0.1) is 0 Å². The molecule has 2 aromatic rings. The SMILES string of the molecule is C[C@@H]1CNCCN1Cc1cccc2ccccc12.Cl. The van der Waals surface area contributed by atoms with Crippen LogP contribution in [0.1, 0.15) is 12.5 Å². The van der Waals surface area contributed by atoms with Crippen molar-refractivity contribution in [3.8, 4) is 0 Å². The highest BCUT2D eigenvalue weighted by Crippen LogP contribution is 2.21. The van der Waals surface area contributed by atoms with Gasteiger partial charge in [-0.3, -0.25) is 4.90 Å². The molecule has 3 rings (SSSR count). The zero-order chi connectivity index (χ0) is 12.4. The van der Waals surface area contributed by atoms with Crippen molar-refractivity contribution < 1.29 is 0 Å². The smallest absolute Gasteiger partial charge is 0.0243 e. The van der Waals surface area contributed by atoms with Crippen LogP contribution >= 0.6 is 12.4 Å². The van der Waals surface area contributed by atoms with Crippen molar-refractivity contribution in [2.45, 2.75) is 19.5 Å². The largest absolute Gasteiger partial charge is 0.314 e. The maximum Gasteiger partial charge on any atom is 0.0243 e. The first-order valence-electron chi connectivity index (χ1n) is 6.76. The molecule has 0 saturated carbocycles. The molecule has 0 radical (unpaired) electrons. The van der Waals surface area contributed by atoms with Gasteiger partial charge in [-0.05, 0) is 23.3 Å². The van der Waals surface area contributed by atoms with Gasteiger partial charge in [-0.15, -0.1) is 12.4 Å². The van der Waals surface area contributed by atoms with E-state index in [9.17, 15) is 0 Å². The molecule has 102 valence electrons. The number of nitrogens with one attached hydrogen (secondary N) is 1. The molecule has 0 spiro atoms. The third kappa shape index (κ3) is 3.08. The fourth-order valence-electron chi connectivity index (χ4n) is 2.77. The summed E-state index contributed by atoms with van der Waals surface area (Å²) in [6.45, 7) is 6.71. The van der Waals surface area contributed by atoms with Crippen molar-refractivity contribution in [3.63, 3.8) is 0 Å². The highest BCUT2D eigenvalue weighted by atomic mass is 35.5. The fourth-order valence-corrected chi connectivity index (χ4v) is 2.77. The van der Waals surface area contributed by atoms with Crippen LogP contribution in [0.4, 0.5) is 0 Å². The van der Waals surface area contributed by atoms with E-state index in [-0.39, 0.29) is 12.4 Å². The molecule has 1 saturated heterocycles. The van der Waals surface area contributed by atoms with Crippen LogP contribution < -0.4 is 5.32 Å². The molecule has 1 aliphatic rings. The molecule has 1 N–H and O–H groups in total. The predicted molar refractivity (Wildman–Crippen MR) is 83.9 cm³/mol. The highest BCUT2D eigenvalue weighted by Gasteiger charge is 2.18. The van der Waals surface area contributed by atoms with Crippen molar-refractivity contribution in [1.82, 2.24) is 10.2 Å². The predicted octanol–water partition coefficient (Wildman–Crippen LogP) is 3.06. The number of halogens is 1. The lowest BCUT2D eigenvalue weighted by molar-refractivity contribution is 0.166. The molecule has 2 aromatic carbocycles. The number of fused-ring (bicyclic) bond motifs is 1. The summed E-state index contributed by atoms with van der Waals surface area (Å²) in [7, 11) is 0. The molecule has 0 aliphatic carbocycles. The highest BCUT2D eigenvalue weighted by molar-refractivity contribution is 5.85. The van der Waals surface area contributed by atoms with E-state index in [1.165, 1.54) is 16.3 Å². The van der Waals surface area contributed by atoms with Gasteiger partial charge < -0.3 is 5.32 Å². The third-order valence-corrected chi connectivity index (χ3v) is 3.89. The van der Waals surface area contributed by atoms with E-state index in [2.05, 4.69) is 59.6 Å². The lowest BCUT2D eigenvalue weighted by Gasteiger charge is -2.34. The van der Waals surface area contributed by atoms with E-state index in [4.69, 9.17) is 0 Å². The molecule has 19 heavy (non-hydrogen) atoms.